The van der Waals surface area contributed by atoms with Crippen molar-refractivity contribution in [2.75, 3.05) is 13.1 Å². The van der Waals surface area contributed by atoms with Crippen LogP contribution in [0, 0.1) is 5.82 Å². The number of hydrogen-bond donors (Lipinski definition) is 1. The van der Waals surface area contributed by atoms with Crippen molar-refractivity contribution in [2.45, 2.75) is 37.9 Å². The first kappa shape index (κ1) is 12.4. The lowest BCUT2D eigenvalue weighted by molar-refractivity contribution is 0.317. The predicted molar refractivity (Wildman–Crippen MR) is 71.2 cm³/mol. The summed E-state index contributed by atoms with van der Waals surface area (Å²) in [5, 5.41) is 3.65. The largest absolute Gasteiger partial charge is 0.308 e. The lowest BCUT2D eigenvalue weighted by atomic mass is 10.2. The highest BCUT2D eigenvalue weighted by Crippen LogP contribution is 2.29. The summed E-state index contributed by atoms with van der Waals surface area (Å²) in [5.41, 5.74) is 0.660. The van der Waals surface area contributed by atoms with Crippen molar-refractivity contribution < 1.29 is 4.39 Å². The van der Waals surface area contributed by atoms with Crippen molar-refractivity contribution in [2.24, 2.45) is 0 Å². The van der Waals surface area contributed by atoms with Gasteiger partial charge in [-0.1, -0.05) is 23.7 Å². The zero-order valence-corrected chi connectivity index (χ0v) is 11.1. The van der Waals surface area contributed by atoms with E-state index in [0.717, 1.165) is 12.6 Å². The van der Waals surface area contributed by atoms with Crippen LogP contribution in [0.15, 0.2) is 18.2 Å². The molecule has 1 N–H and O–H groups in total. The highest BCUT2D eigenvalue weighted by Gasteiger charge is 2.34. The second kappa shape index (κ2) is 5.16. The standard InChI is InChI=1S/C14H18ClFN2/c15-13-3-1-2-10(14(13)16)8-17-11-6-7-18(9-11)12-4-5-12/h1-3,11-12,17H,4-9H2. The van der Waals surface area contributed by atoms with E-state index in [1.165, 1.54) is 25.8 Å². The number of halogens is 2. The summed E-state index contributed by atoms with van der Waals surface area (Å²) >= 11 is 5.77. The minimum absolute atomic E-state index is 0.209. The molecular weight excluding hydrogens is 251 g/mol. The molecule has 2 nitrogen and oxygen atoms in total. The van der Waals surface area contributed by atoms with Gasteiger partial charge in [0.2, 0.25) is 0 Å². The van der Waals surface area contributed by atoms with Crippen LogP contribution < -0.4 is 5.32 Å². The summed E-state index contributed by atoms with van der Waals surface area (Å²) in [7, 11) is 0. The van der Waals surface area contributed by atoms with E-state index in [1.54, 1.807) is 18.2 Å². The third-order valence-corrected chi connectivity index (χ3v) is 4.19. The number of hydrogen-bond acceptors (Lipinski definition) is 2. The van der Waals surface area contributed by atoms with E-state index < -0.39 is 0 Å². The lowest BCUT2D eigenvalue weighted by Gasteiger charge is -2.16. The summed E-state index contributed by atoms with van der Waals surface area (Å²) in [5.74, 6) is -0.288. The van der Waals surface area contributed by atoms with Crippen molar-refractivity contribution >= 4 is 11.6 Å². The topological polar surface area (TPSA) is 15.3 Å². The molecule has 2 fully saturated rings. The Kier molecular flexibility index (Phi) is 3.55. The molecule has 18 heavy (non-hydrogen) atoms. The van der Waals surface area contributed by atoms with Crippen LogP contribution in [-0.4, -0.2) is 30.1 Å². The summed E-state index contributed by atoms with van der Waals surface area (Å²) in [6.45, 7) is 2.85. The molecule has 0 aromatic heterocycles. The first-order chi connectivity index (χ1) is 8.74. The van der Waals surface area contributed by atoms with Crippen LogP contribution in [-0.2, 0) is 6.54 Å². The third-order valence-electron chi connectivity index (χ3n) is 3.90. The van der Waals surface area contributed by atoms with Gasteiger partial charge in [0, 0.05) is 37.3 Å². The first-order valence-electron chi connectivity index (χ1n) is 6.64. The second-order valence-corrected chi connectivity index (χ2v) is 5.71. The van der Waals surface area contributed by atoms with Crippen molar-refractivity contribution in [1.82, 2.24) is 10.2 Å². The normalized spacial score (nSPS) is 24.7. The van der Waals surface area contributed by atoms with Gasteiger partial charge in [-0.05, 0) is 25.3 Å². The van der Waals surface area contributed by atoms with Gasteiger partial charge in [-0.2, -0.15) is 0 Å². The Morgan fingerprint density at radius 1 is 1.33 bits per heavy atom. The number of rotatable bonds is 4. The van der Waals surface area contributed by atoms with Gasteiger partial charge in [-0.25, -0.2) is 4.39 Å². The van der Waals surface area contributed by atoms with Gasteiger partial charge < -0.3 is 5.32 Å². The summed E-state index contributed by atoms with van der Waals surface area (Å²) in [6, 6.07) is 6.50. The fraction of sp³-hybridized carbons (Fsp3) is 0.571. The molecular formula is C14H18ClFN2. The molecule has 1 heterocycles. The van der Waals surface area contributed by atoms with Gasteiger partial charge in [-0.15, -0.1) is 0 Å². The van der Waals surface area contributed by atoms with E-state index >= 15 is 0 Å². The number of nitrogens with zero attached hydrogens (tertiary/aromatic N) is 1. The quantitative estimate of drug-likeness (QED) is 0.903. The molecule has 1 saturated carbocycles. The first-order valence-corrected chi connectivity index (χ1v) is 7.02. The highest BCUT2D eigenvalue weighted by atomic mass is 35.5. The third kappa shape index (κ3) is 2.68. The van der Waals surface area contributed by atoms with E-state index in [-0.39, 0.29) is 10.8 Å². The monoisotopic (exact) mass is 268 g/mol. The van der Waals surface area contributed by atoms with Crippen LogP contribution in [0.3, 0.4) is 0 Å². The molecule has 1 saturated heterocycles. The summed E-state index contributed by atoms with van der Waals surface area (Å²) < 4.78 is 13.7. The molecule has 1 unspecified atom stereocenters. The van der Waals surface area contributed by atoms with Crippen molar-refractivity contribution in [3.8, 4) is 0 Å². The molecule has 0 radical (unpaired) electrons. The van der Waals surface area contributed by atoms with E-state index in [2.05, 4.69) is 10.2 Å². The zero-order chi connectivity index (χ0) is 12.5. The minimum atomic E-state index is -0.288. The highest BCUT2D eigenvalue weighted by molar-refractivity contribution is 6.30. The van der Waals surface area contributed by atoms with E-state index in [4.69, 9.17) is 11.6 Å². The predicted octanol–water partition coefficient (Wildman–Crippen LogP) is 2.81. The molecule has 0 spiro atoms. The fourth-order valence-corrected chi connectivity index (χ4v) is 2.86. The van der Waals surface area contributed by atoms with Crippen LogP contribution in [0.5, 0.6) is 0 Å². The second-order valence-electron chi connectivity index (χ2n) is 5.31. The average Bonchev–Trinajstić information content (AvgIpc) is 3.11. The number of benzene rings is 1. The smallest absolute Gasteiger partial charge is 0.146 e. The Morgan fingerprint density at radius 2 is 2.17 bits per heavy atom. The SMILES string of the molecule is Fc1c(Cl)cccc1CNC1CCN(C2CC2)C1. The molecule has 4 heteroatoms. The Bertz CT molecular complexity index is 434. The number of nitrogens with one attached hydrogen (secondary N) is 1. The Labute approximate surface area is 112 Å². The zero-order valence-electron chi connectivity index (χ0n) is 10.3. The molecule has 1 aliphatic heterocycles. The molecule has 0 amide bonds. The van der Waals surface area contributed by atoms with Gasteiger partial charge in [0.25, 0.3) is 0 Å². The molecule has 1 aliphatic carbocycles. The molecule has 98 valence electrons. The molecule has 2 aliphatic rings. The molecule has 1 atom stereocenters. The van der Waals surface area contributed by atoms with Crippen molar-refractivity contribution in [1.29, 1.82) is 0 Å². The van der Waals surface area contributed by atoms with Gasteiger partial charge >= 0.3 is 0 Å². The van der Waals surface area contributed by atoms with E-state index in [9.17, 15) is 4.39 Å². The maximum absolute atomic E-state index is 13.7. The average molecular weight is 269 g/mol. The number of likely N-dealkylation sites (tertiary alicyclic amines) is 1. The van der Waals surface area contributed by atoms with Gasteiger partial charge in [0.15, 0.2) is 0 Å². The van der Waals surface area contributed by atoms with Gasteiger partial charge in [0.1, 0.15) is 5.82 Å². The summed E-state index contributed by atoms with van der Waals surface area (Å²) in [6.07, 6.45) is 3.88. The maximum atomic E-state index is 13.7. The van der Waals surface area contributed by atoms with E-state index in [0.29, 0.717) is 18.2 Å². The van der Waals surface area contributed by atoms with Crippen molar-refractivity contribution in [3.63, 3.8) is 0 Å². The lowest BCUT2D eigenvalue weighted by Crippen LogP contribution is -2.33. The fourth-order valence-electron chi connectivity index (χ4n) is 2.66. The Balaban J connectivity index is 1.53. The van der Waals surface area contributed by atoms with Crippen molar-refractivity contribution in [3.05, 3.63) is 34.6 Å². The van der Waals surface area contributed by atoms with Gasteiger partial charge in [0.05, 0.1) is 5.02 Å². The van der Waals surface area contributed by atoms with E-state index in [1.807, 2.05) is 0 Å². The molecule has 3 rings (SSSR count). The Morgan fingerprint density at radius 3 is 2.94 bits per heavy atom. The van der Waals surface area contributed by atoms with Crippen LogP contribution in [0.25, 0.3) is 0 Å². The Hall–Kier alpha value is -0.640. The van der Waals surface area contributed by atoms with Crippen LogP contribution in [0.1, 0.15) is 24.8 Å². The van der Waals surface area contributed by atoms with Crippen LogP contribution >= 0.6 is 11.6 Å². The molecule has 1 aromatic carbocycles. The van der Waals surface area contributed by atoms with Crippen LogP contribution in [0.4, 0.5) is 4.39 Å². The van der Waals surface area contributed by atoms with Gasteiger partial charge in [-0.3, -0.25) is 4.90 Å². The minimum Gasteiger partial charge on any atom is -0.308 e. The molecule has 0 bridgehead atoms. The summed E-state index contributed by atoms with van der Waals surface area (Å²) in [4.78, 5) is 2.55. The van der Waals surface area contributed by atoms with Crippen LogP contribution in [0.2, 0.25) is 5.02 Å². The molecule has 1 aromatic rings. The maximum Gasteiger partial charge on any atom is 0.146 e.